The number of aliphatic hydroxyl groups is 2. The van der Waals surface area contributed by atoms with Gasteiger partial charge in [-0.25, -0.2) is 0 Å². The van der Waals surface area contributed by atoms with Crippen molar-refractivity contribution in [2.75, 3.05) is 0 Å². The molecular formula is C19H24N2O3. The molecule has 1 aliphatic heterocycles. The number of nitrogens with zero attached hydrogens (tertiary/aromatic N) is 2. The third-order valence-corrected chi connectivity index (χ3v) is 5.12. The van der Waals surface area contributed by atoms with E-state index in [1.54, 1.807) is 12.3 Å². The Morgan fingerprint density at radius 1 is 1.46 bits per heavy atom. The first-order valence-electron chi connectivity index (χ1n) is 8.63. The monoisotopic (exact) mass is 328 g/mol. The highest BCUT2D eigenvalue weighted by Gasteiger charge is 2.47. The summed E-state index contributed by atoms with van der Waals surface area (Å²) in [6.45, 7) is 0. The summed E-state index contributed by atoms with van der Waals surface area (Å²) in [6, 6.07) is 6.05. The van der Waals surface area contributed by atoms with E-state index in [9.17, 15) is 10.2 Å². The first-order chi connectivity index (χ1) is 11.7. The van der Waals surface area contributed by atoms with Crippen molar-refractivity contribution in [3.8, 4) is 6.07 Å². The van der Waals surface area contributed by atoms with E-state index in [0.29, 0.717) is 19.3 Å². The minimum atomic E-state index is -0.534. The maximum absolute atomic E-state index is 10.2. The molecule has 2 heterocycles. The smallest absolute Gasteiger partial charge is 0.0724 e. The van der Waals surface area contributed by atoms with Crippen LogP contribution < -0.4 is 0 Å². The Morgan fingerprint density at radius 3 is 3.08 bits per heavy atom. The number of hydrogen-bond donors (Lipinski definition) is 2. The van der Waals surface area contributed by atoms with Crippen LogP contribution in [0.1, 0.15) is 31.2 Å². The fraction of sp³-hybridized carbons (Fsp3) is 0.579. The van der Waals surface area contributed by atoms with E-state index in [4.69, 9.17) is 10.00 Å². The van der Waals surface area contributed by atoms with Crippen LogP contribution in [0.3, 0.4) is 0 Å². The van der Waals surface area contributed by atoms with E-state index >= 15 is 0 Å². The van der Waals surface area contributed by atoms with Crippen LogP contribution in [-0.2, 0) is 11.2 Å². The molecule has 0 aromatic carbocycles. The van der Waals surface area contributed by atoms with E-state index in [0.717, 1.165) is 18.4 Å². The van der Waals surface area contributed by atoms with Gasteiger partial charge in [-0.1, -0.05) is 18.2 Å². The molecule has 24 heavy (non-hydrogen) atoms. The Bertz CT molecular complexity index is 598. The van der Waals surface area contributed by atoms with Crippen LogP contribution in [0.25, 0.3) is 0 Å². The summed E-state index contributed by atoms with van der Waals surface area (Å²) >= 11 is 0. The van der Waals surface area contributed by atoms with Crippen molar-refractivity contribution < 1.29 is 14.9 Å². The largest absolute Gasteiger partial charge is 0.392 e. The number of aromatic nitrogens is 1. The minimum Gasteiger partial charge on any atom is -0.392 e. The zero-order valence-corrected chi connectivity index (χ0v) is 13.7. The van der Waals surface area contributed by atoms with Gasteiger partial charge in [0, 0.05) is 24.7 Å². The predicted octanol–water partition coefficient (Wildman–Crippen LogP) is 2.00. The molecule has 6 atom stereocenters. The normalized spacial score (nSPS) is 33.5. The summed E-state index contributed by atoms with van der Waals surface area (Å²) in [6.07, 6.45) is 9.61. The van der Waals surface area contributed by atoms with Gasteiger partial charge in [0.15, 0.2) is 0 Å². The van der Waals surface area contributed by atoms with Crippen LogP contribution in [0, 0.1) is 23.2 Å². The lowest BCUT2D eigenvalue weighted by molar-refractivity contribution is 0.0306. The third-order valence-electron chi connectivity index (χ3n) is 5.12. The lowest BCUT2D eigenvalue weighted by Gasteiger charge is -2.17. The number of aliphatic hydroxyl groups excluding tert-OH is 2. The highest BCUT2D eigenvalue weighted by atomic mass is 16.5. The Morgan fingerprint density at radius 2 is 2.33 bits per heavy atom. The molecule has 1 saturated carbocycles. The lowest BCUT2D eigenvalue weighted by atomic mass is 9.89. The number of ether oxygens (including phenoxy) is 1. The van der Waals surface area contributed by atoms with Crippen molar-refractivity contribution in [3.05, 3.63) is 42.2 Å². The molecule has 1 aromatic rings. The lowest BCUT2D eigenvalue weighted by Crippen LogP contribution is -2.19. The number of aryl methyl sites for hydroxylation is 1. The molecule has 0 bridgehead atoms. The fourth-order valence-corrected chi connectivity index (χ4v) is 3.89. The van der Waals surface area contributed by atoms with Gasteiger partial charge in [0.2, 0.25) is 0 Å². The molecule has 1 unspecified atom stereocenters. The highest BCUT2D eigenvalue weighted by molar-refractivity contribution is 5.10. The van der Waals surface area contributed by atoms with Gasteiger partial charge < -0.3 is 14.9 Å². The third kappa shape index (κ3) is 4.02. The fourth-order valence-electron chi connectivity index (χ4n) is 3.89. The van der Waals surface area contributed by atoms with E-state index in [2.05, 4.69) is 11.1 Å². The standard InChI is InChI=1S/C19H24N2O3/c20-8-7-15-10-17-16(18(23)11-19(17)24-15)6-5-14(22)4-3-13-2-1-9-21-12-13/h1-2,5-6,9,12,14-19,22-23H,3-4,7,10-11H2/b6-5+/t14-,15?,16+,17+,18+,19-/m0/s1. The predicted molar refractivity (Wildman–Crippen MR) is 88.8 cm³/mol. The molecular weight excluding hydrogens is 304 g/mol. The second kappa shape index (κ2) is 7.89. The first-order valence-corrected chi connectivity index (χ1v) is 8.63. The number of rotatable bonds is 6. The van der Waals surface area contributed by atoms with E-state index in [-0.39, 0.29) is 24.0 Å². The van der Waals surface area contributed by atoms with E-state index < -0.39 is 12.2 Å². The van der Waals surface area contributed by atoms with Crippen molar-refractivity contribution in [2.24, 2.45) is 11.8 Å². The van der Waals surface area contributed by atoms with Gasteiger partial charge in [0.25, 0.3) is 0 Å². The topological polar surface area (TPSA) is 86.4 Å². The van der Waals surface area contributed by atoms with Crippen LogP contribution >= 0.6 is 0 Å². The Balaban J connectivity index is 1.52. The Hall–Kier alpha value is -1.74. The highest BCUT2D eigenvalue weighted by Crippen LogP contribution is 2.44. The molecule has 0 radical (unpaired) electrons. The quantitative estimate of drug-likeness (QED) is 0.780. The Labute approximate surface area is 142 Å². The Kier molecular flexibility index (Phi) is 5.62. The molecule has 3 rings (SSSR count). The van der Waals surface area contributed by atoms with Crippen LogP contribution in [0.15, 0.2) is 36.7 Å². The van der Waals surface area contributed by atoms with Crippen LogP contribution in [0.4, 0.5) is 0 Å². The molecule has 2 aliphatic rings. The second-order valence-electron chi connectivity index (χ2n) is 6.79. The summed E-state index contributed by atoms with van der Waals surface area (Å²) in [5, 5.41) is 29.2. The first kappa shape index (κ1) is 17.1. The number of pyridine rings is 1. The van der Waals surface area contributed by atoms with Crippen molar-refractivity contribution in [3.63, 3.8) is 0 Å². The maximum Gasteiger partial charge on any atom is 0.0724 e. The molecule has 1 aliphatic carbocycles. The van der Waals surface area contributed by atoms with Crippen molar-refractivity contribution in [1.82, 2.24) is 4.98 Å². The molecule has 5 heteroatoms. The van der Waals surface area contributed by atoms with Gasteiger partial charge in [-0.15, -0.1) is 0 Å². The molecule has 1 saturated heterocycles. The van der Waals surface area contributed by atoms with Crippen LogP contribution in [0.5, 0.6) is 0 Å². The van der Waals surface area contributed by atoms with E-state index in [1.165, 1.54) is 0 Å². The molecule has 1 aromatic heterocycles. The van der Waals surface area contributed by atoms with Crippen molar-refractivity contribution in [2.45, 2.75) is 56.5 Å². The van der Waals surface area contributed by atoms with Crippen molar-refractivity contribution in [1.29, 1.82) is 5.26 Å². The van der Waals surface area contributed by atoms with Crippen LogP contribution in [-0.4, -0.2) is 39.6 Å². The average molecular weight is 328 g/mol. The molecule has 128 valence electrons. The van der Waals surface area contributed by atoms with Gasteiger partial charge in [-0.05, 0) is 36.8 Å². The zero-order valence-electron chi connectivity index (χ0n) is 13.7. The molecule has 5 nitrogen and oxygen atoms in total. The molecule has 0 amide bonds. The summed E-state index contributed by atoms with van der Waals surface area (Å²) < 4.78 is 5.85. The van der Waals surface area contributed by atoms with Crippen molar-refractivity contribution >= 4 is 0 Å². The van der Waals surface area contributed by atoms with Gasteiger partial charge in [-0.3, -0.25) is 4.98 Å². The summed E-state index contributed by atoms with van der Waals surface area (Å²) in [5.41, 5.74) is 1.11. The number of nitriles is 1. The molecule has 0 spiro atoms. The SMILES string of the molecule is N#CCC1C[C@@H]2[C@@H](/C=C/[C@@H](O)CCc3cccnc3)[C@H](O)C[C@@H]2O1. The van der Waals surface area contributed by atoms with E-state index in [1.807, 2.05) is 24.4 Å². The summed E-state index contributed by atoms with van der Waals surface area (Å²) in [7, 11) is 0. The number of fused-ring (bicyclic) bond motifs is 1. The molecule has 2 fully saturated rings. The average Bonchev–Trinajstić information content (AvgIpc) is 3.09. The summed E-state index contributed by atoms with van der Waals surface area (Å²) in [5.74, 6) is 0.256. The van der Waals surface area contributed by atoms with Gasteiger partial charge in [-0.2, -0.15) is 5.26 Å². The van der Waals surface area contributed by atoms with Gasteiger partial charge in [0.05, 0.1) is 36.9 Å². The van der Waals surface area contributed by atoms with Crippen LogP contribution in [0.2, 0.25) is 0 Å². The van der Waals surface area contributed by atoms with Gasteiger partial charge in [0.1, 0.15) is 0 Å². The minimum absolute atomic E-state index is 0.00624. The van der Waals surface area contributed by atoms with Gasteiger partial charge >= 0.3 is 0 Å². The zero-order chi connectivity index (χ0) is 16.9. The second-order valence-corrected chi connectivity index (χ2v) is 6.79. The molecule has 2 N–H and O–H groups in total. The summed E-state index contributed by atoms with van der Waals surface area (Å²) in [4.78, 5) is 4.07. The maximum atomic E-state index is 10.2. The number of hydrogen-bond acceptors (Lipinski definition) is 5.